The molecule has 0 aliphatic heterocycles. The maximum absolute atomic E-state index is 12.2. The van der Waals surface area contributed by atoms with Crippen LogP contribution in [0.25, 0.3) is 5.69 Å². The molecule has 0 saturated heterocycles. The SMILES string of the molecule is CCC(NC(=O)c1cn(-c2ccc(Cl)cc2)nc1C)C(=O)O. The minimum Gasteiger partial charge on any atom is -0.480 e. The maximum atomic E-state index is 12.2. The standard InChI is InChI=1S/C15H16ClN3O3/c1-3-13(15(21)22)17-14(20)12-8-19(18-9(12)2)11-6-4-10(16)5-7-11/h4-8,13H,3H2,1-2H3,(H,17,20)(H,21,22). The number of carbonyl (C=O) groups excluding carboxylic acids is 1. The Morgan fingerprint density at radius 1 is 1.36 bits per heavy atom. The Morgan fingerprint density at radius 2 is 2.00 bits per heavy atom. The molecule has 2 N–H and O–H groups in total. The molecular weight excluding hydrogens is 306 g/mol. The molecule has 0 bridgehead atoms. The lowest BCUT2D eigenvalue weighted by atomic mass is 10.2. The van der Waals surface area contributed by atoms with Crippen molar-refractivity contribution in [3.63, 3.8) is 0 Å². The fraction of sp³-hybridized carbons (Fsp3) is 0.267. The number of aryl methyl sites for hydroxylation is 1. The molecule has 0 aliphatic carbocycles. The maximum Gasteiger partial charge on any atom is 0.326 e. The molecule has 0 fully saturated rings. The second kappa shape index (κ2) is 6.62. The van der Waals surface area contributed by atoms with Crippen molar-refractivity contribution in [1.82, 2.24) is 15.1 Å². The highest BCUT2D eigenvalue weighted by Crippen LogP contribution is 2.15. The largest absolute Gasteiger partial charge is 0.480 e. The number of hydrogen-bond donors (Lipinski definition) is 2. The van der Waals surface area contributed by atoms with Gasteiger partial charge < -0.3 is 10.4 Å². The van der Waals surface area contributed by atoms with E-state index in [4.69, 9.17) is 16.7 Å². The number of nitrogens with zero attached hydrogens (tertiary/aromatic N) is 2. The van der Waals surface area contributed by atoms with Gasteiger partial charge in [-0.15, -0.1) is 0 Å². The molecule has 1 atom stereocenters. The van der Waals surface area contributed by atoms with Crippen LogP contribution in [0.1, 0.15) is 29.4 Å². The lowest BCUT2D eigenvalue weighted by Gasteiger charge is -2.11. The Labute approximate surface area is 132 Å². The summed E-state index contributed by atoms with van der Waals surface area (Å²) < 4.78 is 1.56. The number of rotatable bonds is 5. The van der Waals surface area contributed by atoms with E-state index in [-0.39, 0.29) is 0 Å². The molecule has 0 spiro atoms. The van der Waals surface area contributed by atoms with Crippen LogP contribution >= 0.6 is 11.6 Å². The van der Waals surface area contributed by atoms with E-state index in [2.05, 4.69) is 10.4 Å². The van der Waals surface area contributed by atoms with Gasteiger partial charge in [-0.3, -0.25) is 4.79 Å². The second-order valence-electron chi connectivity index (χ2n) is 4.82. The van der Waals surface area contributed by atoms with Gasteiger partial charge in [-0.05, 0) is 37.6 Å². The molecule has 6 nitrogen and oxygen atoms in total. The minimum atomic E-state index is -1.06. The highest BCUT2D eigenvalue weighted by atomic mass is 35.5. The van der Waals surface area contributed by atoms with Crippen LogP contribution in [0.15, 0.2) is 30.5 Å². The summed E-state index contributed by atoms with van der Waals surface area (Å²) in [5, 5.41) is 16.4. The zero-order chi connectivity index (χ0) is 16.3. The van der Waals surface area contributed by atoms with Crippen molar-refractivity contribution in [3.8, 4) is 5.69 Å². The first-order valence-electron chi connectivity index (χ1n) is 6.78. The highest BCUT2D eigenvalue weighted by molar-refractivity contribution is 6.30. The van der Waals surface area contributed by atoms with E-state index >= 15 is 0 Å². The average Bonchev–Trinajstić information content (AvgIpc) is 2.87. The molecule has 2 rings (SSSR count). The third kappa shape index (κ3) is 3.46. The Morgan fingerprint density at radius 3 is 2.55 bits per heavy atom. The van der Waals surface area contributed by atoms with Crippen molar-refractivity contribution < 1.29 is 14.7 Å². The molecule has 2 aromatic rings. The summed E-state index contributed by atoms with van der Waals surface area (Å²) in [6, 6.07) is 6.10. The van der Waals surface area contributed by atoms with Gasteiger partial charge in [0.05, 0.1) is 16.9 Å². The summed E-state index contributed by atoms with van der Waals surface area (Å²) in [7, 11) is 0. The fourth-order valence-corrected chi connectivity index (χ4v) is 2.11. The van der Waals surface area contributed by atoms with Crippen molar-refractivity contribution >= 4 is 23.5 Å². The predicted octanol–water partition coefficient (Wildman–Crippen LogP) is 2.43. The van der Waals surface area contributed by atoms with E-state index in [0.29, 0.717) is 22.7 Å². The van der Waals surface area contributed by atoms with Crippen LogP contribution in [0.4, 0.5) is 0 Å². The van der Waals surface area contributed by atoms with E-state index in [1.54, 1.807) is 49.0 Å². The summed E-state index contributed by atoms with van der Waals surface area (Å²) in [5.41, 5.74) is 1.62. The van der Waals surface area contributed by atoms with Gasteiger partial charge >= 0.3 is 5.97 Å². The van der Waals surface area contributed by atoms with Crippen LogP contribution in [-0.4, -0.2) is 32.8 Å². The van der Waals surface area contributed by atoms with Gasteiger partial charge in [-0.1, -0.05) is 18.5 Å². The van der Waals surface area contributed by atoms with Crippen LogP contribution < -0.4 is 5.32 Å². The van der Waals surface area contributed by atoms with Crippen molar-refractivity contribution in [2.75, 3.05) is 0 Å². The van der Waals surface area contributed by atoms with Gasteiger partial charge in [0.1, 0.15) is 6.04 Å². The lowest BCUT2D eigenvalue weighted by Crippen LogP contribution is -2.40. The third-order valence-corrected chi connectivity index (χ3v) is 3.50. The van der Waals surface area contributed by atoms with Crippen LogP contribution in [-0.2, 0) is 4.79 Å². The van der Waals surface area contributed by atoms with Gasteiger partial charge in [0.25, 0.3) is 5.91 Å². The Kier molecular flexibility index (Phi) is 4.82. The normalized spacial score (nSPS) is 12.0. The number of carbonyl (C=O) groups is 2. The molecule has 7 heteroatoms. The number of carboxylic acids is 1. The number of amides is 1. The van der Waals surface area contributed by atoms with Crippen molar-refractivity contribution in [3.05, 3.63) is 46.7 Å². The summed E-state index contributed by atoms with van der Waals surface area (Å²) in [6.07, 6.45) is 1.88. The summed E-state index contributed by atoms with van der Waals surface area (Å²) in [6.45, 7) is 3.39. The molecule has 1 unspecified atom stereocenters. The third-order valence-electron chi connectivity index (χ3n) is 3.25. The van der Waals surface area contributed by atoms with Crippen LogP contribution in [0.5, 0.6) is 0 Å². The van der Waals surface area contributed by atoms with Crippen LogP contribution in [0.2, 0.25) is 5.02 Å². The number of hydrogen-bond acceptors (Lipinski definition) is 3. The van der Waals surface area contributed by atoms with Crippen LogP contribution in [0.3, 0.4) is 0 Å². The highest BCUT2D eigenvalue weighted by Gasteiger charge is 2.21. The number of benzene rings is 1. The van der Waals surface area contributed by atoms with Gasteiger partial charge in [0.15, 0.2) is 0 Å². The van der Waals surface area contributed by atoms with Crippen molar-refractivity contribution in [2.45, 2.75) is 26.3 Å². The van der Waals surface area contributed by atoms with Gasteiger partial charge in [0.2, 0.25) is 0 Å². The van der Waals surface area contributed by atoms with Gasteiger partial charge in [-0.2, -0.15) is 5.10 Å². The van der Waals surface area contributed by atoms with Gasteiger partial charge in [-0.25, -0.2) is 9.48 Å². The summed E-state index contributed by atoms with van der Waals surface area (Å²) in [4.78, 5) is 23.2. The van der Waals surface area contributed by atoms with Crippen molar-refractivity contribution in [2.24, 2.45) is 0 Å². The summed E-state index contributed by atoms with van der Waals surface area (Å²) in [5.74, 6) is -1.51. The molecule has 0 aliphatic rings. The smallest absolute Gasteiger partial charge is 0.326 e. The summed E-state index contributed by atoms with van der Waals surface area (Å²) >= 11 is 5.84. The number of nitrogens with one attached hydrogen (secondary N) is 1. The first kappa shape index (κ1) is 16.0. The molecule has 1 amide bonds. The molecule has 22 heavy (non-hydrogen) atoms. The molecule has 1 aromatic heterocycles. The van der Waals surface area contributed by atoms with E-state index in [1.165, 1.54) is 0 Å². The first-order chi connectivity index (χ1) is 10.4. The number of carboxylic acid groups (broad SMARTS) is 1. The molecule has 1 heterocycles. The Balaban J connectivity index is 2.24. The van der Waals surface area contributed by atoms with E-state index in [1.807, 2.05) is 0 Å². The van der Waals surface area contributed by atoms with Crippen LogP contribution in [0, 0.1) is 6.92 Å². The first-order valence-corrected chi connectivity index (χ1v) is 7.16. The number of aliphatic carboxylic acids is 1. The fourth-order valence-electron chi connectivity index (χ4n) is 1.98. The predicted molar refractivity (Wildman–Crippen MR) is 82.5 cm³/mol. The molecular formula is C15H16ClN3O3. The quantitative estimate of drug-likeness (QED) is 0.885. The number of halogens is 1. The van der Waals surface area contributed by atoms with Crippen molar-refractivity contribution in [1.29, 1.82) is 0 Å². The Hall–Kier alpha value is -2.34. The zero-order valence-electron chi connectivity index (χ0n) is 12.2. The second-order valence-corrected chi connectivity index (χ2v) is 5.26. The van der Waals surface area contributed by atoms with E-state index in [0.717, 1.165) is 5.69 Å². The van der Waals surface area contributed by atoms with Gasteiger partial charge in [0, 0.05) is 11.2 Å². The molecule has 0 radical (unpaired) electrons. The molecule has 116 valence electrons. The van der Waals surface area contributed by atoms with E-state index < -0.39 is 17.9 Å². The molecule has 0 saturated carbocycles. The lowest BCUT2D eigenvalue weighted by molar-refractivity contribution is -0.139. The number of aromatic nitrogens is 2. The Bertz CT molecular complexity index is 695. The minimum absolute atomic E-state index is 0.311. The van der Waals surface area contributed by atoms with E-state index in [9.17, 15) is 9.59 Å². The topological polar surface area (TPSA) is 84.2 Å². The average molecular weight is 322 g/mol. The zero-order valence-corrected chi connectivity index (χ0v) is 13.0. The molecule has 1 aromatic carbocycles. The monoisotopic (exact) mass is 321 g/mol.